The molecule has 4 aliphatic rings. The van der Waals surface area contributed by atoms with E-state index in [1.807, 2.05) is 26.0 Å². The summed E-state index contributed by atoms with van der Waals surface area (Å²) in [6.07, 6.45) is -0.669. The Balaban J connectivity index is 1.45. The summed E-state index contributed by atoms with van der Waals surface area (Å²) in [7, 11) is 2.94. The first-order valence-electron chi connectivity index (χ1n) is 12.3. The third kappa shape index (κ3) is 4.03. The van der Waals surface area contributed by atoms with Crippen molar-refractivity contribution >= 4 is 5.97 Å². The molecule has 1 N–H and O–H groups in total. The second kappa shape index (κ2) is 8.97. The Morgan fingerprint density at radius 3 is 2.27 bits per heavy atom. The van der Waals surface area contributed by atoms with Crippen molar-refractivity contribution in [3.63, 3.8) is 0 Å². The van der Waals surface area contributed by atoms with E-state index in [2.05, 4.69) is 0 Å². The summed E-state index contributed by atoms with van der Waals surface area (Å²) >= 11 is 0. The van der Waals surface area contributed by atoms with Crippen molar-refractivity contribution in [1.82, 2.24) is 0 Å². The molecule has 0 spiro atoms. The van der Waals surface area contributed by atoms with Crippen LogP contribution in [-0.4, -0.2) is 63.8 Å². The number of fused-ring (bicyclic) bond motifs is 3. The Labute approximate surface area is 214 Å². The van der Waals surface area contributed by atoms with Gasteiger partial charge in [0.2, 0.25) is 12.5 Å². The van der Waals surface area contributed by atoms with Crippen LogP contribution in [0.25, 0.3) is 0 Å². The van der Waals surface area contributed by atoms with Crippen molar-refractivity contribution < 1.29 is 47.8 Å². The minimum Gasteiger partial charge on any atom is -0.502 e. The summed E-state index contributed by atoms with van der Waals surface area (Å²) in [6.45, 7) is 4.80. The number of ether oxygens (including phenoxy) is 8. The van der Waals surface area contributed by atoms with Gasteiger partial charge in [0.1, 0.15) is 6.10 Å². The van der Waals surface area contributed by atoms with Gasteiger partial charge in [0.05, 0.1) is 46.1 Å². The lowest BCUT2D eigenvalue weighted by molar-refractivity contribution is -0.150. The minimum atomic E-state index is -0.665. The van der Waals surface area contributed by atoms with E-state index >= 15 is 0 Å². The number of esters is 1. The first kappa shape index (κ1) is 24.1. The second-order valence-corrected chi connectivity index (χ2v) is 10.1. The van der Waals surface area contributed by atoms with Gasteiger partial charge in [-0.3, -0.25) is 4.79 Å². The number of cyclic esters (lactones) is 1. The van der Waals surface area contributed by atoms with Crippen LogP contribution in [0.5, 0.6) is 28.7 Å². The molecule has 2 saturated heterocycles. The molecule has 0 aromatic heterocycles. The maximum absolute atomic E-state index is 13.2. The largest absolute Gasteiger partial charge is 0.502 e. The van der Waals surface area contributed by atoms with Crippen LogP contribution >= 0.6 is 0 Å². The predicted octanol–water partition coefficient (Wildman–Crippen LogP) is 3.28. The third-order valence-electron chi connectivity index (χ3n) is 7.51. The fraction of sp³-hybridized carbons (Fsp3) is 0.519. The van der Waals surface area contributed by atoms with E-state index in [-0.39, 0.29) is 48.6 Å². The number of hydrogen-bond donors (Lipinski definition) is 1. The zero-order chi connectivity index (χ0) is 25.9. The molecule has 1 aliphatic carbocycles. The first-order chi connectivity index (χ1) is 17.8. The zero-order valence-electron chi connectivity index (χ0n) is 21.1. The van der Waals surface area contributed by atoms with Crippen LogP contribution in [0.4, 0.5) is 0 Å². The van der Waals surface area contributed by atoms with Gasteiger partial charge in [-0.1, -0.05) is 0 Å². The molecule has 0 amide bonds. The molecular weight excluding hydrogens is 484 g/mol. The number of hydrogen-bond acceptors (Lipinski definition) is 10. The molecule has 37 heavy (non-hydrogen) atoms. The summed E-state index contributed by atoms with van der Waals surface area (Å²) in [5.41, 5.74) is 2.49. The molecule has 2 fully saturated rings. The van der Waals surface area contributed by atoms with Gasteiger partial charge >= 0.3 is 5.97 Å². The van der Waals surface area contributed by atoms with Crippen molar-refractivity contribution in [1.29, 1.82) is 0 Å². The van der Waals surface area contributed by atoms with Crippen LogP contribution in [0.3, 0.4) is 0 Å². The summed E-state index contributed by atoms with van der Waals surface area (Å²) in [4.78, 5) is 13.2. The van der Waals surface area contributed by atoms with Crippen LogP contribution in [0, 0.1) is 11.8 Å². The van der Waals surface area contributed by atoms with E-state index in [1.54, 1.807) is 12.1 Å². The zero-order valence-corrected chi connectivity index (χ0v) is 21.1. The van der Waals surface area contributed by atoms with Gasteiger partial charge in [-0.15, -0.1) is 0 Å². The van der Waals surface area contributed by atoms with Crippen LogP contribution in [0.15, 0.2) is 24.3 Å². The molecule has 0 saturated carbocycles. The van der Waals surface area contributed by atoms with Gasteiger partial charge in [0, 0.05) is 11.8 Å². The maximum atomic E-state index is 13.2. The van der Waals surface area contributed by atoms with E-state index in [0.717, 1.165) is 16.7 Å². The smallest absolute Gasteiger partial charge is 0.310 e. The van der Waals surface area contributed by atoms with E-state index in [1.165, 1.54) is 14.2 Å². The quantitative estimate of drug-likeness (QED) is 0.577. The molecule has 198 valence electrons. The highest BCUT2D eigenvalue weighted by molar-refractivity contribution is 5.79. The lowest BCUT2D eigenvalue weighted by atomic mass is 9.66. The SMILES string of the molecule is COc1cc([C@@H]2c3cc4c(cc3[C@@H](OCC3COC(C)(C)O3)C3COC(=O)[C@@H]32)OCO4)cc(OC)c1O. The van der Waals surface area contributed by atoms with Crippen LogP contribution in [0.2, 0.25) is 0 Å². The molecule has 2 aromatic rings. The topological polar surface area (TPSA) is 111 Å². The number of aromatic hydroxyl groups is 1. The Bertz CT molecular complexity index is 1200. The fourth-order valence-electron chi connectivity index (χ4n) is 5.88. The fourth-order valence-corrected chi connectivity index (χ4v) is 5.88. The number of rotatable bonds is 6. The number of carbonyl (C=O) groups excluding carboxylic acids is 1. The molecule has 2 unspecified atom stereocenters. The number of benzene rings is 2. The van der Waals surface area contributed by atoms with E-state index in [0.29, 0.717) is 24.7 Å². The van der Waals surface area contributed by atoms with E-state index in [4.69, 9.17) is 37.9 Å². The molecule has 10 heteroatoms. The summed E-state index contributed by atoms with van der Waals surface area (Å²) in [5, 5.41) is 10.5. The monoisotopic (exact) mass is 514 g/mol. The minimum absolute atomic E-state index is 0.107. The van der Waals surface area contributed by atoms with E-state index in [9.17, 15) is 9.90 Å². The Kier molecular flexibility index (Phi) is 5.85. The average Bonchev–Trinajstić information content (AvgIpc) is 3.59. The molecule has 5 atom stereocenters. The summed E-state index contributed by atoms with van der Waals surface area (Å²) in [5.74, 6) is -0.572. The molecule has 6 rings (SSSR count). The lowest BCUT2D eigenvalue weighted by Crippen LogP contribution is -2.37. The third-order valence-corrected chi connectivity index (χ3v) is 7.51. The lowest BCUT2D eigenvalue weighted by Gasteiger charge is -2.39. The van der Waals surface area contributed by atoms with Gasteiger partial charge in [-0.2, -0.15) is 0 Å². The van der Waals surface area contributed by atoms with Crippen molar-refractivity contribution in [2.24, 2.45) is 11.8 Å². The van der Waals surface area contributed by atoms with Crippen LogP contribution in [-0.2, 0) is 23.7 Å². The number of phenols is 1. The summed E-state index contributed by atoms with van der Waals surface area (Å²) < 4.78 is 45.9. The molecule has 2 aromatic carbocycles. The van der Waals surface area contributed by atoms with Crippen molar-refractivity contribution in [2.75, 3.05) is 40.8 Å². The molecular formula is C27H30O10. The normalized spacial score (nSPS) is 29.0. The molecule has 0 radical (unpaired) electrons. The van der Waals surface area contributed by atoms with Gasteiger partial charge < -0.3 is 43.0 Å². The van der Waals surface area contributed by atoms with Crippen molar-refractivity contribution in [2.45, 2.75) is 37.8 Å². The van der Waals surface area contributed by atoms with Crippen LogP contribution < -0.4 is 18.9 Å². The number of phenolic OH excluding ortho intramolecular Hbond substituents is 1. The van der Waals surface area contributed by atoms with Crippen LogP contribution in [0.1, 0.15) is 42.6 Å². The Morgan fingerprint density at radius 1 is 0.973 bits per heavy atom. The van der Waals surface area contributed by atoms with Crippen molar-refractivity contribution in [3.05, 3.63) is 41.0 Å². The second-order valence-electron chi connectivity index (χ2n) is 10.1. The van der Waals surface area contributed by atoms with Gasteiger partial charge in [-0.05, 0) is 54.8 Å². The molecule has 10 nitrogen and oxygen atoms in total. The van der Waals surface area contributed by atoms with E-state index < -0.39 is 23.7 Å². The molecule has 0 bridgehead atoms. The highest BCUT2D eigenvalue weighted by Crippen LogP contribution is 2.56. The first-order valence-corrected chi connectivity index (χ1v) is 12.3. The average molecular weight is 515 g/mol. The standard InChI is InChI=1S/C27H30O10/c1-27(2)36-10-14(37-27)9-32-25-16-8-19-18(34-12-35-19)7-15(16)22(23-17(25)11-33-26(23)29)13-5-20(30-3)24(28)21(6-13)31-4/h5-8,14,17,22-23,25,28H,9-12H2,1-4H3/t14?,17?,22-,23+,25-/m1/s1. The highest BCUT2D eigenvalue weighted by atomic mass is 16.7. The van der Waals surface area contributed by atoms with Gasteiger partial charge in [0.25, 0.3) is 0 Å². The predicted molar refractivity (Wildman–Crippen MR) is 127 cm³/mol. The van der Waals surface area contributed by atoms with Gasteiger partial charge in [0.15, 0.2) is 28.8 Å². The molecule has 3 heterocycles. The number of methoxy groups -OCH3 is 2. The maximum Gasteiger partial charge on any atom is 0.310 e. The van der Waals surface area contributed by atoms with Gasteiger partial charge in [-0.25, -0.2) is 0 Å². The molecule has 3 aliphatic heterocycles. The Morgan fingerprint density at radius 2 is 1.65 bits per heavy atom. The number of carbonyl (C=O) groups is 1. The summed E-state index contributed by atoms with van der Waals surface area (Å²) in [6, 6.07) is 7.29. The highest BCUT2D eigenvalue weighted by Gasteiger charge is 2.53. The Hall–Kier alpha value is -3.21. The van der Waals surface area contributed by atoms with Crippen molar-refractivity contribution in [3.8, 4) is 28.7 Å².